The van der Waals surface area contributed by atoms with Crippen molar-refractivity contribution in [3.8, 4) is 5.75 Å². The quantitative estimate of drug-likeness (QED) is 0.570. The number of esters is 1. The Kier molecular flexibility index (Phi) is 8.19. The van der Waals surface area contributed by atoms with E-state index in [-0.39, 0.29) is 29.0 Å². The summed E-state index contributed by atoms with van der Waals surface area (Å²) in [5.41, 5.74) is 0.549. The summed E-state index contributed by atoms with van der Waals surface area (Å²) in [7, 11) is -0.981. The maximum atomic E-state index is 13.0. The van der Waals surface area contributed by atoms with Gasteiger partial charge in [0.2, 0.25) is 0 Å². The van der Waals surface area contributed by atoms with Crippen molar-refractivity contribution in [2.45, 2.75) is 44.0 Å². The van der Waals surface area contributed by atoms with Crippen LogP contribution in [-0.2, 0) is 19.6 Å². The maximum Gasteiger partial charge on any atom is 0.338 e. The fourth-order valence-corrected chi connectivity index (χ4v) is 5.40. The number of benzene rings is 2. The van der Waals surface area contributed by atoms with Crippen molar-refractivity contribution in [2.75, 3.05) is 25.1 Å². The first-order chi connectivity index (χ1) is 16.1. The second-order valence-electron chi connectivity index (χ2n) is 8.69. The lowest BCUT2D eigenvalue weighted by Gasteiger charge is -2.34. The molecule has 2 aromatic rings. The standard InChI is InChI=1S/C25H32N2O6S/c1-17-8-7-9-21(18(17)2)26-24(28)16-33-25(29)19-12-14-20(15-13-19)34(30,31)27(3)22-10-5-6-11-23(22)32-4/h5-6,10-15,17-18,21H,7-9,16H2,1-4H3,(H,26,28)/t17-,18-,21+/m0/s1. The monoisotopic (exact) mass is 488 g/mol. The van der Waals surface area contributed by atoms with Crippen molar-refractivity contribution in [1.82, 2.24) is 5.32 Å². The first-order valence-electron chi connectivity index (χ1n) is 11.3. The molecule has 184 valence electrons. The second-order valence-corrected chi connectivity index (χ2v) is 10.7. The molecular weight excluding hydrogens is 456 g/mol. The summed E-state index contributed by atoms with van der Waals surface area (Å²) in [6.45, 7) is 3.93. The van der Waals surface area contributed by atoms with Gasteiger partial charge in [0.15, 0.2) is 6.61 Å². The predicted molar refractivity (Wildman–Crippen MR) is 129 cm³/mol. The van der Waals surface area contributed by atoms with Crippen molar-refractivity contribution in [2.24, 2.45) is 11.8 Å². The molecule has 2 aromatic carbocycles. The topological polar surface area (TPSA) is 102 Å². The smallest absolute Gasteiger partial charge is 0.338 e. The Bertz CT molecular complexity index is 1120. The van der Waals surface area contributed by atoms with Gasteiger partial charge >= 0.3 is 5.97 Å². The van der Waals surface area contributed by atoms with Crippen LogP contribution in [0.3, 0.4) is 0 Å². The van der Waals surface area contributed by atoms with Crippen LogP contribution < -0.4 is 14.4 Å². The molecule has 1 saturated carbocycles. The van der Waals surface area contributed by atoms with Crippen molar-refractivity contribution in [3.05, 3.63) is 54.1 Å². The summed E-state index contributed by atoms with van der Waals surface area (Å²) in [4.78, 5) is 24.7. The third-order valence-electron chi connectivity index (χ3n) is 6.56. The zero-order valence-corrected chi connectivity index (χ0v) is 20.8. The van der Waals surface area contributed by atoms with E-state index in [1.165, 1.54) is 38.4 Å². The first-order valence-corrected chi connectivity index (χ1v) is 12.8. The number of nitrogens with zero attached hydrogens (tertiary/aromatic N) is 1. The maximum absolute atomic E-state index is 13.0. The van der Waals surface area contributed by atoms with Gasteiger partial charge in [0.1, 0.15) is 5.75 Å². The van der Waals surface area contributed by atoms with Gasteiger partial charge in [0, 0.05) is 13.1 Å². The molecule has 0 heterocycles. The van der Waals surface area contributed by atoms with Crippen LogP contribution in [0.25, 0.3) is 0 Å². The van der Waals surface area contributed by atoms with E-state index in [0.29, 0.717) is 23.3 Å². The molecule has 0 aliphatic heterocycles. The first kappa shape index (κ1) is 25.6. The lowest BCUT2D eigenvalue weighted by Crippen LogP contribution is -2.45. The minimum Gasteiger partial charge on any atom is -0.495 e. The molecule has 0 unspecified atom stereocenters. The predicted octanol–water partition coefficient (Wildman–Crippen LogP) is 3.62. The normalized spacial score (nSPS) is 20.3. The Morgan fingerprint density at radius 3 is 2.41 bits per heavy atom. The molecule has 9 heteroatoms. The Labute approximate surface area is 201 Å². The van der Waals surface area contributed by atoms with Gasteiger partial charge in [-0.1, -0.05) is 38.8 Å². The van der Waals surface area contributed by atoms with E-state index in [9.17, 15) is 18.0 Å². The summed E-state index contributed by atoms with van der Waals surface area (Å²) in [5.74, 6) is 0.304. The number of ether oxygens (including phenoxy) is 2. The number of hydrogen-bond acceptors (Lipinski definition) is 6. The number of nitrogens with one attached hydrogen (secondary N) is 1. The largest absolute Gasteiger partial charge is 0.495 e. The zero-order valence-electron chi connectivity index (χ0n) is 20.0. The second kappa shape index (κ2) is 10.9. The van der Waals surface area contributed by atoms with Crippen LogP contribution in [0.1, 0.15) is 43.5 Å². The molecule has 0 radical (unpaired) electrons. The SMILES string of the molecule is COc1ccccc1N(C)S(=O)(=O)c1ccc(C(=O)OCC(=O)N[C@@H]2CCC[C@H](C)[C@@H]2C)cc1. The highest BCUT2D eigenvalue weighted by atomic mass is 32.2. The Balaban J connectivity index is 1.61. The third kappa shape index (κ3) is 5.70. The molecular formula is C25H32N2O6S. The lowest BCUT2D eigenvalue weighted by atomic mass is 9.78. The molecule has 0 spiro atoms. The molecule has 1 aliphatic carbocycles. The van der Waals surface area contributed by atoms with Gasteiger partial charge in [-0.3, -0.25) is 9.10 Å². The van der Waals surface area contributed by atoms with E-state index in [4.69, 9.17) is 9.47 Å². The van der Waals surface area contributed by atoms with Crippen LogP contribution in [0.4, 0.5) is 5.69 Å². The molecule has 3 rings (SSSR count). The third-order valence-corrected chi connectivity index (χ3v) is 8.35. The minimum absolute atomic E-state index is 0.00982. The molecule has 1 fully saturated rings. The number of methoxy groups -OCH3 is 1. The van der Waals surface area contributed by atoms with Gasteiger partial charge in [0.25, 0.3) is 15.9 Å². The molecule has 0 bridgehead atoms. The zero-order chi connectivity index (χ0) is 24.9. The summed E-state index contributed by atoms with van der Waals surface area (Å²) in [6.07, 6.45) is 3.14. The Morgan fingerprint density at radius 1 is 1.06 bits per heavy atom. The van der Waals surface area contributed by atoms with Gasteiger partial charge in [-0.2, -0.15) is 0 Å². The number of carbonyl (C=O) groups is 2. The number of sulfonamides is 1. The van der Waals surface area contributed by atoms with Gasteiger partial charge in [-0.05, 0) is 54.7 Å². The number of hydrogen-bond donors (Lipinski definition) is 1. The lowest BCUT2D eigenvalue weighted by molar-refractivity contribution is -0.125. The van der Waals surface area contributed by atoms with Crippen molar-refractivity contribution < 1.29 is 27.5 Å². The van der Waals surface area contributed by atoms with E-state index in [0.717, 1.165) is 23.6 Å². The highest BCUT2D eigenvalue weighted by Gasteiger charge is 2.28. The summed E-state index contributed by atoms with van der Waals surface area (Å²) in [5, 5.41) is 2.96. The van der Waals surface area contributed by atoms with Crippen molar-refractivity contribution in [3.63, 3.8) is 0 Å². The fraction of sp³-hybridized carbons (Fsp3) is 0.440. The average molecular weight is 489 g/mol. The molecule has 1 aliphatic rings. The van der Waals surface area contributed by atoms with Crippen LogP contribution >= 0.6 is 0 Å². The minimum atomic E-state index is -3.88. The summed E-state index contributed by atoms with van der Waals surface area (Å²) in [6, 6.07) is 12.3. The molecule has 0 aromatic heterocycles. The highest BCUT2D eigenvalue weighted by molar-refractivity contribution is 7.92. The Morgan fingerprint density at radius 2 is 1.74 bits per heavy atom. The van der Waals surface area contributed by atoms with Crippen LogP contribution in [0.2, 0.25) is 0 Å². The number of amides is 1. The van der Waals surface area contributed by atoms with E-state index in [2.05, 4.69) is 19.2 Å². The van der Waals surface area contributed by atoms with E-state index < -0.39 is 16.0 Å². The molecule has 34 heavy (non-hydrogen) atoms. The van der Waals surface area contributed by atoms with E-state index >= 15 is 0 Å². The van der Waals surface area contributed by atoms with Crippen molar-refractivity contribution >= 4 is 27.6 Å². The van der Waals surface area contributed by atoms with E-state index in [1.54, 1.807) is 24.3 Å². The molecule has 0 saturated heterocycles. The molecule has 1 amide bonds. The van der Waals surface area contributed by atoms with Crippen LogP contribution in [0.15, 0.2) is 53.4 Å². The highest BCUT2D eigenvalue weighted by Crippen LogP contribution is 2.31. The fourth-order valence-electron chi connectivity index (χ4n) is 4.19. The summed E-state index contributed by atoms with van der Waals surface area (Å²) < 4.78 is 37.6. The Hall–Kier alpha value is -3.07. The van der Waals surface area contributed by atoms with E-state index in [1.807, 2.05) is 0 Å². The van der Waals surface area contributed by atoms with Gasteiger partial charge in [-0.15, -0.1) is 0 Å². The van der Waals surface area contributed by atoms with Crippen LogP contribution in [0, 0.1) is 11.8 Å². The number of rotatable bonds is 8. The van der Waals surface area contributed by atoms with Gasteiger partial charge in [0.05, 0.1) is 23.3 Å². The molecule has 1 N–H and O–H groups in total. The number of anilines is 1. The number of carbonyl (C=O) groups excluding carboxylic acids is 2. The summed E-state index contributed by atoms with van der Waals surface area (Å²) >= 11 is 0. The van der Waals surface area contributed by atoms with Gasteiger partial charge in [-0.25, -0.2) is 13.2 Å². The molecule has 8 nitrogen and oxygen atoms in total. The molecule has 3 atom stereocenters. The van der Waals surface area contributed by atoms with Crippen molar-refractivity contribution in [1.29, 1.82) is 0 Å². The number of para-hydroxylation sites is 2. The average Bonchev–Trinajstić information content (AvgIpc) is 2.84. The van der Waals surface area contributed by atoms with Crippen LogP contribution in [-0.4, -0.2) is 47.1 Å². The van der Waals surface area contributed by atoms with Crippen LogP contribution in [0.5, 0.6) is 5.75 Å². The van der Waals surface area contributed by atoms with Gasteiger partial charge < -0.3 is 14.8 Å².